The summed E-state index contributed by atoms with van der Waals surface area (Å²) in [4.78, 5) is 7.97. The topological polar surface area (TPSA) is 49.6 Å². The Labute approximate surface area is 82.4 Å². The van der Waals surface area contributed by atoms with Crippen molar-refractivity contribution < 1.29 is 0 Å². The molecule has 0 fully saturated rings. The van der Waals surface area contributed by atoms with Crippen LogP contribution in [0.5, 0.6) is 0 Å². The molecule has 0 aliphatic rings. The van der Waals surface area contributed by atoms with E-state index >= 15 is 0 Å². The molecule has 0 aromatic carbocycles. The Hall–Kier alpha value is -1.14. The van der Waals surface area contributed by atoms with Crippen molar-refractivity contribution in [2.45, 2.75) is 25.7 Å². The molecule has 1 atom stereocenters. The SMILES string of the molecule is CCC(C)(C#N)c1nccnc1Cl. The van der Waals surface area contributed by atoms with E-state index in [4.69, 9.17) is 16.9 Å². The Morgan fingerprint density at radius 3 is 2.62 bits per heavy atom. The summed E-state index contributed by atoms with van der Waals surface area (Å²) in [6, 6.07) is 2.20. The van der Waals surface area contributed by atoms with Gasteiger partial charge in [0.15, 0.2) is 5.15 Å². The van der Waals surface area contributed by atoms with Crippen molar-refractivity contribution in [3.63, 3.8) is 0 Å². The summed E-state index contributed by atoms with van der Waals surface area (Å²) >= 11 is 5.84. The van der Waals surface area contributed by atoms with Crippen molar-refractivity contribution in [2.75, 3.05) is 0 Å². The Morgan fingerprint density at radius 1 is 1.54 bits per heavy atom. The first kappa shape index (κ1) is 9.94. The van der Waals surface area contributed by atoms with E-state index in [1.165, 1.54) is 6.20 Å². The molecule has 1 aromatic rings. The van der Waals surface area contributed by atoms with Crippen molar-refractivity contribution in [1.29, 1.82) is 5.26 Å². The molecule has 0 bridgehead atoms. The molecule has 68 valence electrons. The molecule has 1 unspecified atom stereocenters. The van der Waals surface area contributed by atoms with Crippen molar-refractivity contribution in [2.24, 2.45) is 0 Å². The van der Waals surface area contributed by atoms with Gasteiger partial charge in [-0.3, -0.25) is 4.98 Å². The molecule has 0 radical (unpaired) electrons. The van der Waals surface area contributed by atoms with Crippen LogP contribution in [0, 0.1) is 11.3 Å². The van der Waals surface area contributed by atoms with Crippen molar-refractivity contribution >= 4 is 11.6 Å². The first-order valence-corrected chi connectivity index (χ1v) is 4.40. The predicted octanol–water partition coefficient (Wildman–Crippen LogP) is 2.32. The highest BCUT2D eigenvalue weighted by atomic mass is 35.5. The number of rotatable bonds is 2. The summed E-state index contributed by atoms with van der Waals surface area (Å²) in [5, 5.41) is 9.30. The van der Waals surface area contributed by atoms with E-state index in [-0.39, 0.29) is 0 Å². The lowest BCUT2D eigenvalue weighted by Crippen LogP contribution is -2.20. The molecule has 1 aromatic heterocycles. The molecule has 0 amide bonds. The average molecular weight is 196 g/mol. The molecule has 4 heteroatoms. The summed E-state index contributed by atoms with van der Waals surface area (Å²) in [5.41, 5.74) is -0.0765. The molecular formula is C9H10ClN3. The Morgan fingerprint density at radius 2 is 2.15 bits per heavy atom. The van der Waals surface area contributed by atoms with Crippen LogP contribution in [0.2, 0.25) is 5.15 Å². The van der Waals surface area contributed by atoms with E-state index in [1.807, 2.05) is 13.8 Å². The third-order valence-corrected chi connectivity index (χ3v) is 2.41. The summed E-state index contributed by atoms with van der Waals surface area (Å²) in [6.07, 6.45) is 3.73. The van der Waals surface area contributed by atoms with Crippen LogP contribution in [0.3, 0.4) is 0 Å². The number of hydrogen-bond acceptors (Lipinski definition) is 3. The van der Waals surface area contributed by atoms with Gasteiger partial charge < -0.3 is 0 Å². The van der Waals surface area contributed by atoms with Gasteiger partial charge in [-0.1, -0.05) is 18.5 Å². The molecule has 1 rings (SSSR count). The molecule has 1 heterocycles. The molecule has 3 nitrogen and oxygen atoms in total. The van der Waals surface area contributed by atoms with Gasteiger partial charge in [0.2, 0.25) is 0 Å². The maximum Gasteiger partial charge on any atom is 0.152 e. The Balaban J connectivity index is 3.22. The number of hydrogen-bond donors (Lipinski definition) is 0. The van der Waals surface area contributed by atoms with E-state index in [0.29, 0.717) is 17.3 Å². The molecule has 13 heavy (non-hydrogen) atoms. The quantitative estimate of drug-likeness (QED) is 0.728. The van der Waals surface area contributed by atoms with Gasteiger partial charge >= 0.3 is 0 Å². The minimum absolute atomic E-state index is 0.313. The fourth-order valence-electron chi connectivity index (χ4n) is 0.991. The molecule has 0 N–H and O–H groups in total. The highest BCUT2D eigenvalue weighted by Crippen LogP contribution is 2.28. The number of nitriles is 1. The maximum absolute atomic E-state index is 8.99. The average Bonchev–Trinajstić information content (AvgIpc) is 2.17. The lowest BCUT2D eigenvalue weighted by atomic mass is 9.86. The molecule has 0 aliphatic heterocycles. The van der Waals surface area contributed by atoms with Crippen LogP contribution in [0.25, 0.3) is 0 Å². The van der Waals surface area contributed by atoms with Crippen LogP contribution in [-0.4, -0.2) is 9.97 Å². The molecular weight excluding hydrogens is 186 g/mol. The van der Waals surface area contributed by atoms with Crippen LogP contribution in [0.1, 0.15) is 26.0 Å². The fourth-order valence-corrected chi connectivity index (χ4v) is 1.30. The van der Waals surface area contributed by atoms with Gasteiger partial charge in [0, 0.05) is 12.4 Å². The molecule has 0 saturated carbocycles. The van der Waals surface area contributed by atoms with E-state index in [2.05, 4.69) is 16.0 Å². The van der Waals surface area contributed by atoms with Gasteiger partial charge in [0.05, 0.1) is 17.2 Å². The number of halogens is 1. The van der Waals surface area contributed by atoms with Gasteiger partial charge in [-0.2, -0.15) is 5.26 Å². The molecule has 0 saturated heterocycles. The highest BCUT2D eigenvalue weighted by Gasteiger charge is 2.28. The third kappa shape index (κ3) is 1.78. The smallest absolute Gasteiger partial charge is 0.152 e. The van der Waals surface area contributed by atoms with Crippen molar-refractivity contribution in [1.82, 2.24) is 9.97 Å². The zero-order valence-corrected chi connectivity index (χ0v) is 8.34. The zero-order valence-electron chi connectivity index (χ0n) is 7.58. The van der Waals surface area contributed by atoms with Crippen LogP contribution in [0.15, 0.2) is 12.4 Å². The lowest BCUT2D eigenvalue weighted by Gasteiger charge is -2.18. The summed E-state index contributed by atoms with van der Waals surface area (Å²) < 4.78 is 0. The molecule has 0 aliphatic carbocycles. The van der Waals surface area contributed by atoms with Crippen LogP contribution in [0.4, 0.5) is 0 Å². The maximum atomic E-state index is 8.99. The first-order valence-electron chi connectivity index (χ1n) is 4.02. The monoisotopic (exact) mass is 195 g/mol. The van der Waals surface area contributed by atoms with Crippen LogP contribution >= 0.6 is 11.6 Å². The second-order valence-electron chi connectivity index (χ2n) is 2.99. The van der Waals surface area contributed by atoms with Gasteiger partial charge in [0.25, 0.3) is 0 Å². The second-order valence-corrected chi connectivity index (χ2v) is 3.35. The highest BCUT2D eigenvalue weighted by molar-refractivity contribution is 6.30. The summed E-state index contributed by atoms with van der Waals surface area (Å²) in [6.45, 7) is 3.73. The van der Waals surface area contributed by atoms with Crippen LogP contribution < -0.4 is 0 Å². The van der Waals surface area contributed by atoms with Crippen molar-refractivity contribution in [3.05, 3.63) is 23.2 Å². The van der Waals surface area contributed by atoms with E-state index in [1.54, 1.807) is 6.20 Å². The largest absolute Gasteiger partial charge is 0.255 e. The normalized spacial score (nSPS) is 14.6. The van der Waals surface area contributed by atoms with Gasteiger partial charge in [-0.15, -0.1) is 0 Å². The fraction of sp³-hybridized carbons (Fsp3) is 0.444. The third-order valence-electron chi connectivity index (χ3n) is 2.13. The second kappa shape index (κ2) is 3.71. The summed E-state index contributed by atoms with van der Waals surface area (Å²) in [5.74, 6) is 0. The predicted molar refractivity (Wildman–Crippen MR) is 50.3 cm³/mol. The number of nitrogens with zero attached hydrogens (tertiary/aromatic N) is 3. The first-order chi connectivity index (χ1) is 6.14. The molecule has 0 spiro atoms. The summed E-state index contributed by atoms with van der Waals surface area (Å²) in [7, 11) is 0. The Bertz CT molecular complexity index is 345. The van der Waals surface area contributed by atoms with E-state index in [0.717, 1.165) is 0 Å². The zero-order chi connectivity index (χ0) is 9.90. The standard InChI is InChI=1S/C9H10ClN3/c1-3-9(2,6-11)7-8(10)13-5-4-12-7/h4-5H,3H2,1-2H3. The van der Waals surface area contributed by atoms with Gasteiger partial charge in [-0.25, -0.2) is 4.98 Å². The van der Waals surface area contributed by atoms with Crippen molar-refractivity contribution in [3.8, 4) is 6.07 Å². The minimum atomic E-state index is -0.634. The van der Waals surface area contributed by atoms with Gasteiger partial charge in [-0.05, 0) is 13.3 Å². The van der Waals surface area contributed by atoms with E-state index < -0.39 is 5.41 Å². The number of aromatic nitrogens is 2. The minimum Gasteiger partial charge on any atom is -0.255 e. The Kier molecular flexibility index (Phi) is 2.84. The van der Waals surface area contributed by atoms with E-state index in [9.17, 15) is 0 Å². The van der Waals surface area contributed by atoms with Gasteiger partial charge in [0.1, 0.15) is 0 Å². The van der Waals surface area contributed by atoms with Crippen LogP contribution in [-0.2, 0) is 5.41 Å². The lowest BCUT2D eigenvalue weighted by molar-refractivity contribution is 0.565.